The van der Waals surface area contributed by atoms with Gasteiger partial charge in [0.2, 0.25) is 5.78 Å². The summed E-state index contributed by atoms with van der Waals surface area (Å²) in [4.78, 5) is 15.6. The number of ether oxygens (including phenoxy) is 5. The first-order valence-electron chi connectivity index (χ1n) is 11.6. The molecule has 3 aliphatic heterocycles. The average molecular weight is 550 g/mol. The van der Waals surface area contributed by atoms with E-state index in [-0.39, 0.29) is 18.3 Å². The summed E-state index contributed by atoms with van der Waals surface area (Å²) in [7, 11) is 1.67. The molecule has 7 nitrogen and oxygen atoms in total. The fraction of sp³-hybridized carbons (Fsp3) is 0.250. The molecule has 0 N–H and O–H groups in total. The van der Waals surface area contributed by atoms with Crippen LogP contribution in [-0.2, 0) is 24.4 Å². The molecule has 3 aromatic rings. The van der Waals surface area contributed by atoms with E-state index in [1.54, 1.807) is 13.2 Å². The zero-order valence-corrected chi connectivity index (χ0v) is 21.5. The molecule has 6 rings (SSSR count). The Bertz CT molecular complexity index is 1420. The molecule has 0 amide bonds. The number of halogens is 1. The predicted octanol–water partition coefficient (Wildman–Crippen LogP) is 5.60. The van der Waals surface area contributed by atoms with Gasteiger partial charge in [-0.3, -0.25) is 9.69 Å². The maximum Gasteiger partial charge on any atom is 0.231 e. The van der Waals surface area contributed by atoms with Crippen LogP contribution in [0.15, 0.2) is 52.7 Å². The van der Waals surface area contributed by atoms with Crippen molar-refractivity contribution in [3.63, 3.8) is 0 Å². The number of carbonyl (C=O) groups excluding carboxylic acids is 1. The van der Waals surface area contributed by atoms with Crippen LogP contribution >= 0.6 is 15.9 Å². The highest BCUT2D eigenvalue weighted by molar-refractivity contribution is 9.10. The highest BCUT2D eigenvalue weighted by Crippen LogP contribution is 2.44. The van der Waals surface area contributed by atoms with Crippen LogP contribution in [0.3, 0.4) is 0 Å². The van der Waals surface area contributed by atoms with Gasteiger partial charge in [0.15, 0.2) is 12.6 Å². The first-order chi connectivity index (χ1) is 17.5. The van der Waals surface area contributed by atoms with Crippen molar-refractivity contribution in [2.24, 2.45) is 0 Å². The van der Waals surface area contributed by atoms with Gasteiger partial charge in [-0.2, -0.15) is 0 Å². The van der Waals surface area contributed by atoms with Crippen LogP contribution in [0.5, 0.6) is 23.0 Å². The number of hydrogen-bond donors (Lipinski definition) is 0. The molecule has 0 spiro atoms. The second-order valence-corrected chi connectivity index (χ2v) is 9.89. The Morgan fingerprint density at radius 3 is 2.81 bits per heavy atom. The zero-order chi connectivity index (χ0) is 24.8. The van der Waals surface area contributed by atoms with E-state index in [9.17, 15) is 4.79 Å². The molecule has 3 aromatic carbocycles. The molecule has 3 heterocycles. The molecule has 0 bridgehead atoms. The third-order valence-corrected chi connectivity index (χ3v) is 7.04. The smallest absolute Gasteiger partial charge is 0.231 e. The van der Waals surface area contributed by atoms with E-state index in [0.717, 1.165) is 43.8 Å². The minimum absolute atomic E-state index is 0.154. The third kappa shape index (κ3) is 4.05. The SMILES string of the molecule is COc1ccccc1CN1COc2c(cc3c(c2C)O/C(=C\c2cc(Br)cc4c2OCOC4)C3=O)C1. The van der Waals surface area contributed by atoms with Gasteiger partial charge in [-0.15, -0.1) is 0 Å². The van der Waals surface area contributed by atoms with E-state index in [1.807, 2.05) is 49.4 Å². The molecular weight excluding hydrogens is 526 g/mol. The van der Waals surface area contributed by atoms with Gasteiger partial charge in [0.05, 0.1) is 19.3 Å². The van der Waals surface area contributed by atoms with Crippen molar-refractivity contribution in [2.75, 3.05) is 20.6 Å². The Labute approximate surface area is 217 Å². The fourth-order valence-corrected chi connectivity index (χ4v) is 5.45. The number of carbonyl (C=O) groups is 1. The highest BCUT2D eigenvalue weighted by atomic mass is 79.9. The van der Waals surface area contributed by atoms with Gasteiger partial charge < -0.3 is 23.7 Å². The summed E-state index contributed by atoms with van der Waals surface area (Å²) in [5, 5.41) is 0. The molecule has 3 aliphatic rings. The molecule has 0 aromatic heterocycles. The lowest BCUT2D eigenvalue weighted by Gasteiger charge is -2.30. The second-order valence-electron chi connectivity index (χ2n) is 8.97. The predicted molar refractivity (Wildman–Crippen MR) is 136 cm³/mol. The minimum atomic E-state index is -0.154. The summed E-state index contributed by atoms with van der Waals surface area (Å²) in [6, 6.07) is 13.7. The van der Waals surface area contributed by atoms with Gasteiger partial charge in [-0.1, -0.05) is 34.1 Å². The van der Waals surface area contributed by atoms with E-state index < -0.39 is 0 Å². The molecule has 0 atom stereocenters. The van der Waals surface area contributed by atoms with Crippen LogP contribution in [0.1, 0.15) is 38.2 Å². The number of para-hydroxylation sites is 1. The first-order valence-corrected chi connectivity index (χ1v) is 12.4. The maximum absolute atomic E-state index is 13.4. The number of fused-ring (bicyclic) bond motifs is 3. The molecule has 0 unspecified atom stereocenters. The van der Waals surface area contributed by atoms with Crippen molar-refractivity contribution in [1.82, 2.24) is 4.90 Å². The number of nitrogens with zero attached hydrogens (tertiary/aromatic N) is 1. The first kappa shape index (κ1) is 23.1. The zero-order valence-electron chi connectivity index (χ0n) is 19.9. The van der Waals surface area contributed by atoms with Crippen molar-refractivity contribution in [3.05, 3.63) is 86.1 Å². The molecule has 0 radical (unpaired) electrons. The summed E-state index contributed by atoms with van der Waals surface area (Å²) >= 11 is 3.53. The molecule has 0 fully saturated rings. The lowest BCUT2D eigenvalue weighted by molar-refractivity contribution is -0.0165. The van der Waals surface area contributed by atoms with Crippen molar-refractivity contribution in [3.8, 4) is 23.0 Å². The third-order valence-electron chi connectivity index (χ3n) is 6.58. The van der Waals surface area contributed by atoms with Crippen LogP contribution in [0.25, 0.3) is 6.08 Å². The number of benzene rings is 3. The maximum atomic E-state index is 13.4. The van der Waals surface area contributed by atoms with E-state index >= 15 is 0 Å². The Morgan fingerprint density at radius 1 is 1.08 bits per heavy atom. The van der Waals surface area contributed by atoms with Crippen molar-refractivity contribution in [2.45, 2.75) is 26.6 Å². The standard InChI is InChI=1S/C28H24BrNO6/c1-16-26-19(12-30(14-34-26)11-17-5-3-4-6-23(17)32-2)9-22-25(31)24(36-27(16)22)10-18-7-21(29)8-20-13-33-15-35-28(18)20/h3-10H,11-15H2,1-2H3/b24-10-. The minimum Gasteiger partial charge on any atom is -0.496 e. The summed E-state index contributed by atoms with van der Waals surface area (Å²) in [6.45, 7) is 4.33. The molecule has 184 valence electrons. The molecule has 36 heavy (non-hydrogen) atoms. The Kier molecular flexibility index (Phi) is 5.95. The van der Waals surface area contributed by atoms with Crippen LogP contribution < -0.4 is 18.9 Å². The summed E-state index contributed by atoms with van der Waals surface area (Å²) < 4.78 is 29.7. The van der Waals surface area contributed by atoms with Gasteiger partial charge >= 0.3 is 0 Å². The number of methoxy groups -OCH3 is 1. The van der Waals surface area contributed by atoms with Crippen molar-refractivity contribution < 1.29 is 28.5 Å². The lowest BCUT2D eigenvalue weighted by atomic mass is 9.99. The number of allylic oxidation sites excluding steroid dienone is 1. The fourth-order valence-electron chi connectivity index (χ4n) is 4.93. The van der Waals surface area contributed by atoms with Gasteiger partial charge in [0.25, 0.3) is 0 Å². The Hall–Kier alpha value is -3.33. The van der Waals surface area contributed by atoms with Crippen LogP contribution in [0, 0.1) is 6.92 Å². The Balaban J connectivity index is 1.30. The van der Waals surface area contributed by atoms with E-state index in [4.69, 9.17) is 23.7 Å². The molecule has 0 saturated heterocycles. The highest BCUT2D eigenvalue weighted by Gasteiger charge is 2.34. The van der Waals surface area contributed by atoms with Gasteiger partial charge in [-0.25, -0.2) is 0 Å². The molecule has 0 aliphatic carbocycles. The number of ketones is 1. The van der Waals surface area contributed by atoms with Gasteiger partial charge in [0, 0.05) is 45.4 Å². The van der Waals surface area contributed by atoms with E-state index in [1.165, 1.54) is 0 Å². The van der Waals surface area contributed by atoms with E-state index in [0.29, 0.717) is 43.5 Å². The van der Waals surface area contributed by atoms with Crippen LogP contribution in [0.4, 0.5) is 0 Å². The summed E-state index contributed by atoms with van der Waals surface area (Å²) in [5.41, 5.74) is 5.11. The van der Waals surface area contributed by atoms with Gasteiger partial charge in [0.1, 0.15) is 29.7 Å². The second kappa shape index (κ2) is 9.28. The molecular formula is C28H24BrNO6. The topological polar surface area (TPSA) is 66.5 Å². The number of rotatable bonds is 4. The average Bonchev–Trinajstić information content (AvgIpc) is 3.19. The Morgan fingerprint density at radius 2 is 1.94 bits per heavy atom. The summed E-state index contributed by atoms with van der Waals surface area (Å²) in [5.74, 6) is 2.98. The number of hydrogen-bond acceptors (Lipinski definition) is 7. The normalized spacial score (nSPS) is 17.5. The molecule has 0 saturated carbocycles. The van der Waals surface area contributed by atoms with Crippen LogP contribution in [0.2, 0.25) is 0 Å². The quantitative estimate of drug-likeness (QED) is 0.392. The monoisotopic (exact) mass is 549 g/mol. The van der Waals surface area contributed by atoms with Crippen molar-refractivity contribution >= 4 is 27.8 Å². The van der Waals surface area contributed by atoms with Crippen molar-refractivity contribution in [1.29, 1.82) is 0 Å². The largest absolute Gasteiger partial charge is 0.496 e. The van der Waals surface area contributed by atoms with Gasteiger partial charge in [-0.05, 0) is 37.3 Å². The summed E-state index contributed by atoms with van der Waals surface area (Å²) in [6.07, 6.45) is 1.74. The van der Waals surface area contributed by atoms with Crippen LogP contribution in [-0.4, -0.2) is 31.3 Å². The number of Topliss-reactive ketones (excluding diaryl/α,β-unsaturated/α-hetero) is 1. The van der Waals surface area contributed by atoms with E-state index in [2.05, 4.69) is 20.8 Å². The molecule has 8 heteroatoms. The lowest BCUT2D eigenvalue weighted by Crippen LogP contribution is -2.32.